The lowest BCUT2D eigenvalue weighted by Gasteiger charge is -2.21. The SMILES string of the molecule is CCN(C(=O)Cc1c(C(=O)O)n(CC)c2ccccc12)c1cccc(C)c1. The summed E-state index contributed by atoms with van der Waals surface area (Å²) in [6.07, 6.45) is 0.0525. The summed E-state index contributed by atoms with van der Waals surface area (Å²) in [7, 11) is 0. The number of likely N-dealkylation sites (N-methyl/N-ethyl adjacent to an activating group) is 1. The lowest BCUT2D eigenvalue weighted by atomic mass is 10.1. The largest absolute Gasteiger partial charge is 0.477 e. The molecule has 27 heavy (non-hydrogen) atoms. The normalized spacial score (nSPS) is 10.9. The van der Waals surface area contributed by atoms with E-state index in [1.165, 1.54) is 0 Å². The fourth-order valence-corrected chi connectivity index (χ4v) is 3.67. The number of aromatic nitrogens is 1. The van der Waals surface area contributed by atoms with Gasteiger partial charge in [-0.05, 0) is 44.5 Å². The summed E-state index contributed by atoms with van der Waals surface area (Å²) in [6.45, 7) is 6.88. The summed E-state index contributed by atoms with van der Waals surface area (Å²) in [5.74, 6) is -1.11. The van der Waals surface area contributed by atoms with Crippen molar-refractivity contribution in [2.24, 2.45) is 0 Å². The van der Waals surface area contributed by atoms with E-state index in [0.717, 1.165) is 22.2 Å². The first-order valence-corrected chi connectivity index (χ1v) is 9.18. The Morgan fingerprint density at radius 3 is 2.44 bits per heavy atom. The molecule has 5 heteroatoms. The van der Waals surface area contributed by atoms with Gasteiger partial charge in [0.05, 0.1) is 6.42 Å². The van der Waals surface area contributed by atoms with E-state index in [0.29, 0.717) is 18.7 Å². The molecule has 2 aromatic carbocycles. The molecular formula is C22H24N2O3. The molecule has 0 bridgehead atoms. The van der Waals surface area contributed by atoms with E-state index < -0.39 is 5.97 Å². The van der Waals surface area contributed by atoms with Gasteiger partial charge in [0.15, 0.2) is 0 Å². The van der Waals surface area contributed by atoms with Crippen LogP contribution in [0.5, 0.6) is 0 Å². The zero-order valence-corrected chi connectivity index (χ0v) is 15.9. The molecule has 1 N–H and O–H groups in total. The summed E-state index contributed by atoms with van der Waals surface area (Å²) in [6, 6.07) is 15.3. The van der Waals surface area contributed by atoms with Gasteiger partial charge in [-0.3, -0.25) is 4.79 Å². The van der Waals surface area contributed by atoms with Crippen molar-refractivity contribution in [2.45, 2.75) is 33.7 Å². The van der Waals surface area contributed by atoms with Crippen LogP contribution in [-0.4, -0.2) is 28.1 Å². The van der Waals surface area contributed by atoms with Crippen LogP contribution in [0.3, 0.4) is 0 Å². The van der Waals surface area contributed by atoms with Crippen molar-refractivity contribution in [3.05, 3.63) is 65.4 Å². The van der Waals surface area contributed by atoms with Crippen LogP contribution in [-0.2, 0) is 17.8 Å². The summed E-state index contributed by atoms with van der Waals surface area (Å²) in [5, 5.41) is 10.6. The predicted octanol–water partition coefficient (Wildman–Crippen LogP) is 4.26. The molecule has 0 unspecified atom stereocenters. The molecule has 3 aromatic rings. The molecule has 1 aromatic heterocycles. The van der Waals surface area contributed by atoms with Crippen LogP contribution in [0.25, 0.3) is 10.9 Å². The van der Waals surface area contributed by atoms with Gasteiger partial charge in [0.2, 0.25) is 5.91 Å². The monoisotopic (exact) mass is 364 g/mol. The van der Waals surface area contributed by atoms with Gasteiger partial charge >= 0.3 is 5.97 Å². The van der Waals surface area contributed by atoms with Gasteiger partial charge in [-0.2, -0.15) is 0 Å². The Hall–Kier alpha value is -3.08. The number of benzene rings is 2. The Labute approximate surface area is 158 Å². The fraction of sp³-hybridized carbons (Fsp3) is 0.273. The number of carbonyl (C=O) groups is 2. The Morgan fingerprint density at radius 1 is 1.07 bits per heavy atom. The lowest BCUT2D eigenvalue weighted by Crippen LogP contribution is -2.32. The first-order valence-electron chi connectivity index (χ1n) is 9.18. The van der Waals surface area contributed by atoms with E-state index in [-0.39, 0.29) is 18.0 Å². The van der Waals surface area contributed by atoms with Crippen LogP contribution < -0.4 is 4.90 Å². The fourth-order valence-electron chi connectivity index (χ4n) is 3.67. The molecule has 0 aliphatic rings. The zero-order chi connectivity index (χ0) is 19.6. The second kappa shape index (κ2) is 7.66. The topological polar surface area (TPSA) is 62.5 Å². The van der Waals surface area contributed by atoms with Crippen LogP contribution in [0.4, 0.5) is 5.69 Å². The molecule has 0 saturated carbocycles. The highest BCUT2D eigenvalue weighted by atomic mass is 16.4. The van der Waals surface area contributed by atoms with E-state index in [2.05, 4.69) is 0 Å². The van der Waals surface area contributed by atoms with Crippen molar-refractivity contribution >= 4 is 28.5 Å². The number of amides is 1. The number of anilines is 1. The summed E-state index contributed by atoms with van der Waals surface area (Å²) in [4.78, 5) is 26.8. The van der Waals surface area contributed by atoms with E-state index >= 15 is 0 Å². The maximum absolute atomic E-state index is 13.1. The van der Waals surface area contributed by atoms with Gasteiger partial charge in [0, 0.05) is 35.2 Å². The minimum Gasteiger partial charge on any atom is -0.477 e. The highest BCUT2D eigenvalue weighted by Gasteiger charge is 2.25. The first-order chi connectivity index (χ1) is 13.0. The molecule has 0 atom stereocenters. The molecular weight excluding hydrogens is 340 g/mol. The molecule has 5 nitrogen and oxygen atoms in total. The van der Waals surface area contributed by atoms with Gasteiger partial charge in [-0.25, -0.2) is 4.79 Å². The van der Waals surface area contributed by atoms with E-state index in [1.807, 2.05) is 69.3 Å². The molecule has 1 heterocycles. The third kappa shape index (κ3) is 3.45. The standard InChI is InChI=1S/C22H24N2O3/c1-4-23(16-10-8-9-15(3)13-16)20(25)14-18-17-11-6-7-12-19(17)24(5-2)21(18)22(26)27/h6-13H,4-5,14H2,1-3H3,(H,26,27). The number of aromatic carboxylic acids is 1. The predicted molar refractivity (Wildman–Crippen MR) is 107 cm³/mol. The minimum absolute atomic E-state index is 0.0525. The Morgan fingerprint density at radius 2 is 1.81 bits per heavy atom. The van der Waals surface area contributed by atoms with Gasteiger partial charge in [-0.15, -0.1) is 0 Å². The van der Waals surface area contributed by atoms with Gasteiger partial charge in [0.1, 0.15) is 5.69 Å². The van der Waals surface area contributed by atoms with Crippen molar-refractivity contribution in [3.8, 4) is 0 Å². The average molecular weight is 364 g/mol. The van der Waals surface area contributed by atoms with Crippen LogP contribution in [0.15, 0.2) is 48.5 Å². The Kier molecular flexibility index (Phi) is 5.31. The second-order valence-corrected chi connectivity index (χ2v) is 6.55. The summed E-state index contributed by atoms with van der Waals surface area (Å²) < 4.78 is 1.77. The molecule has 140 valence electrons. The number of aryl methyl sites for hydroxylation is 2. The number of carboxylic acids is 1. The lowest BCUT2D eigenvalue weighted by molar-refractivity contribution is -0.117. The van der Waals surface area contributed by atoms with E-state index in [9.17, 15) is 14.7 Å². The highest BCUT2D eigenvalue weighted by Crippen LogP contribution is 2.28. The van der Waals surface area contributed by atoms with Crippen LogP contribution in [0.2, 0.25) is 0 Å². The molecule has 0 spiro atoms. The number of carbonyl (C=O) groups excluding carboxylic acids is 1. The third-order valence-electron chi connectivity index (χ3n) is 4.85. The van der Waals surface area contributed by atoms with Gasteiger partial charge < -0.3 is 14.6 Å². The number of hydrogen-bond acceptors (Lipinski definition) is 2. The molecule has 0 fully saturated rings. The Balaban J connectivity index is 2.06. The van der Waals surface area contributed by atoms with Crippen molar-refractivity contribution in [2.75, 3.05) is 11.4 Å². The summed E-state index contributed by atoms with van der Waals surface area (Å²) >= 11 is 0. The van der Waals surface area contributed by atoms with Crippen molar-refractivity contribution in [1.29, 1.82) is 0 Å². The van der Waals surface area contributed by atoms with Crippen LogP contribution >= 0.6 is 0 Å². The zero-order valence-electron chi connectivity index (χ0n) is 15.9. The van der Waals surface area contributed by atoms with Gasteiger partial charge in [0.25, 0.3) is 0 Å². The van der Waals surface area contributed by atoms with Crippen molar-refractivity contribution in [3.63, 3.8) is 0 Å². The molecule has 0 saturated heterocycles. The number of carboxylic acid groups (broad SMARTS) is 1. The first kappa shape index (κ1) is 18.7. The number of nitrogens with zero attached hydrogens (tertiary/aromatic N) is 2. The Bertz CT molecular complexity index is 1000. The molecule has 1 amide bonds. The molecule has 0 aliphatic heterocycles. The quantitative estimate of drug-likeness (QED) is 0.711. The smallest absolute Gasteiger partial charge is 0.352 e. The minimum atomic E-state index is -1.01. The van der Waals surface area contributed by atoms with E-state index in [4.69, 9.17) is 0 Å². The number of rotatable bonds is 6. The van der Waals surface area contributed by atoms with Crippen LogP contribution in [0, 0.1) is 6.92 Å². The van der Waals surface area contributed by atoms with Crippen molar-refractivity contribution in [1.82, 2.24) is 4.57 Å². The number of fused-ring (bicyclic) bond motifs is 1. The van der Waals surface area contributed by atoms with Crippen LogP contribution in [0.1, 0.15) is 35.5 Å². The molecule has 3 rings (SSSR count). The summed E-state index contributed by atoms with van der Waals surface area (Å²) in [5.41, 5.74) is 3.54. The highest BCUT2D eigenvalue weighted by molar-refractivity contribution is 6.03. The van der Waals surface area contributed by atoms with Crippen molar-refractivity contribution < 1.29 is 14.7 Å². The van der Waals surface area contributed by atoms with E-state index in [1.54, 1.807) is 9.47 Å². The molecule has 0 aliphatic carbocycles. The third-order valence-corrected chi connectivity index (χ3v) is 4.85. The number of para-hydroxylation sites is 1. The second-order valence-electron chi connectivity index (χ2n) is 6.55. The average Bonchev–Trinajstić information content (AvgIpc) is 2.96. The molecule has 0 radical (unpaired) electrons. The maximum atomic E-state index is 13.1. The number of hydrogen-bond donors (Lipinski definition) is 1. The maximum Gasteiger partial charge on any atom is 0.352 e. The van der Waals surface area contributed by atoms with Gasteiger partial charge in [-0.1, -0.05) is 30.3 Å².